The molecule has 0 saturated heterocycles. The van der Waals surface area contributed by atoms with E-state index in [1.54, 1.807) is 12.1 Å². The number of hydrogen-bond donors (Lipinski definition) is 1. The third-order valence-electron chi connectivity index (χ3n) is 11.8. The molecule has 0 spiro atoms. The fourth-order valence-electron chi connectivity index (χ4n) is 10.4. The average molecular weight is 447 g/mol. The Bertz CT molecular complexity index is 956. The monoisotopic (exact) mass is 446 g/mol. The van der Waals surface area contributed by atoms with E-state index in [0.717, 1.165) is 41.4 Å². The first kappa shape index (κ1) is 21.9. The summed E-state index contributed by atoms with van der Waals surface area (Å²) in [5.74, 6) is 5.71. The first-order valence-electron chi connectivity index (χ1n) is 13.8. The summed E-state index contributed by atoms with van der Waals surface area (Å²) in [5.41, 5.74) is 3.80. The van der Waals surface area contributed by atoms with Crippen molar-refractivity contribution < 1.29 is 9.90 Å². The molecule has 0 aliphatic heterocycles. The first-order valence-corrected chi connectivity index (χ1v) is 13.8. The van der Waals surface area contributed by atoms with Crippen LogP contribution in [-0.2, 0) is 0 Å². The van der Waals surface area contributed by atoms with E-state index >= 15 is 0 Å². The highest BCUT2D eigenvalue weighted by Crippen LogP contribution is 2.68. The van der Waals surface area contributed by atoms with Crippen LogP contribution in [0.4, 0.5) is 0 Å². The Morgan fingerprint density at radius 2 is 1.52 bits per heavy atom. The Morgan fingerprint density at radius 1 is 0.818 bits per heavy atom. The summed E-state index contributed by atoms with van der Waals surface area (Å²) in [6.07, 6.45) is 17.1. The number of rotatable bonds is 2. The molecule has 0 aromatic heterocycles. The van der Waals surface area contributed by atoms with Crippen molar-refractivity contribution in [1.29, 1.82) is 0 Å². The zero-order valence-corrected chi connectivity index (χ0v) is 20.9. The topological polar surface area (TPSA) is 37.3 Å². The lowest BCUT2D eigenvalue weighted by Gasteiger charge is -2.63. The van der Waals surface area contributed by atoms with E-state index in [4.69, 9.17) is 0 Å². The van der Waals surface area contributed by atoms with Crippen molar-refractivity contribution in [3.63, 3.8) is 0 Å². The summed E-state index contributed by atoms with van der Waals surface area (Å²) in [4.78, 5) is 11.3. The van der Waals surface area contributed by atoms with E-state index < -0.39 is 5.97 Å². The Labute approximate surface area is 200 Å². The highest BCUT2D eigenvalue weighted by Gasteiger charge is 2.59. The predicted molar refractivity (Wildman–Crippen MR) is 134 cm³/mol. The molecule has 2 nitrogen and oxygen atoms in total. The minimum absolute atomic E-state index is 0.152. The molecular weight excluding hydrogens is 404 g/mol. The van der Waals surface area contributed by atoms with Crippen LogP contribution in [0.25, 0.3) is 5.57 Å². The molecule has 1 aromatic carbocycles. The number of carbonyl (C=O) groups is 1. The van der Waals surface area contributed by atoms with Crippen molar-refractivity contribution >= 4 is 11.5 Å². The molecule has 6 rings (SSSR count). The lowest BCUT2D eigenvalue weighted by molar-refractivity contribution is -0.127. The van der Waals surface area contributed by atoms with Gasteiger partial charge >= 0.3 is 5.97 Å². The molecule has 4 saturated carbocycles. The number of benzene rings is 1. The van der Waals surface area contributed by atoms with Gasteiger partial charge in [0, 0.05) is 0 Å². The molecule has 1 aromatic rings. The van der Waals surface area contributed by atoms with Gasteiger partial charge in [0.1, 0.15) is 0 Å². The molecule has 178 valence electrons. The van der Waals surface area contributed by atoms with Gasteiger partial charge in [-0.25, -0.2) is 4.79 Å². The molecule has 5 aliphatic carbocycles. The van der Waals surface area contributed by atoms with Gasteiger partial charge in [0.2, 0.25) is 0 Å². The minimum Gasteiger partial charge on any atom is -0.478 e. The standard InChI is InChI=1S/C31H42O2/c1-30(2)25(20-7-9-21(10-8-20)29(32)33)13-11-23-24-12-14-27-22-6-4-5-19(22)17-18-31(27,3)28(24)16-15-26(23)30/h7-10,13,19,22-24,26-28H,4-6,11-12,14-18H2,1-3H3,(H,32,33)/t19?,22-,23?,24+,26+,27?,28?,31+/m0/s1. The molecule has 4 fully saturated rings. The van der Waals surface area contributed by atoms with Gasteiger partial charge in [-0.3, -0.25) is 0 Å². The van der Waals surface area contributed by atoms with E-state index in [0.29, 0.717) is 11.0 Å². The number of allylic oxidation sites excluding steroid dienone is 2. The van der Waals surface area contributed by atoms with Crippen LogP contribution >= 0.6 is 0 Å². The lowest BCUT2D eigenvalue weighted by atomic mass is 9.42. The van der Waals surface area contributed by atoms with Crippen molar-refractivity contribution in [1.82, 2.24) is 0 Å². The quantitative estimate of drug-likeness (QED) is 0.498. The second-order valence-electron chi connectivity index (χ2n) is 13.2. The largest absolute Gasteiger partial charge is 0.478 e. The van der Waals surface area contributed by atoms with Gasteiger partial charge in [-0.15, -0.1) is 0 Å². The molecule has 5 aliphatic rings. The predicted octanol–water partition coefficient (Wildman–Crippen LogP) is 8.08. The highest BCUT2D eigenvalue weighted by atomic mass is 16.4. The van der Waals surface area contributed by atoms with Gasteiger partial charge < -0.3 is 5.11 Å². The molecule has 1 N–H and O–H groups in total. The molecule has 0 radical (unpaired) electrons. The Balaban J connectivity index is 1.28. The Hall–Kier alpha value is -1.57. The second kappa shape index (κ2) is 7.72. The van der Waals surface area contributed by atoms with Crippen LogP contribution in [0, 0.1) is 52.3 Å². The Kier molecular flexibility index (Phi) is 5.13. The molecule has 8 atom stereocenters. The van der Waals surface area contributed by atoms with E-state index in [-0.39, 0.29) is 5.41 Å². The second-order valence-corrected chi connectivity index (χ2v) is 13.2. The number of fused-ring (bicyclic) bond motifs is 7. The van der Waals surface area contributed by atoms with Gasteiger partial charge in [0.15, 0.2) is 0 Å². The van der Waals surface area contributed by atoms with Crippen LogP contribution < -0.4 is 0 Å². The van der Waals surface area contributed by atoms with Gasteiger partial charge in [-0.05, 0) is 127 Å². The lowest BCUT2D eigenvalue weighted by Crippen LogP contribution is -2.55. The van der Waals surface area contributed by atoms with Crippen molar-refractivity contribution in [2.45, 2.75) is 85.0 Å². The molecular formula is C31H42O2. The fraction of sp³-hybridized carbons (Fsp3) is 0.710. The minimum atomic E-state index is -0.840. The molecule has 33 heavy (non-hydrogen) atoms. The fourth-order valence-corrected chi connectivity index (χ4v) is 10.4. The summed E-state index contributed by atoms with van der Waals surface area (Å²) in [7, 11) is 0. The first-order chi connectivity index (χ1) is 15.8. The number of aromatic carboxylic acids is 1. The summed E-state index contributed by atoms with van der Waals surface area (Å²) in [5, 5.41) is 9.29. The van der Waals surface area contributed by atoms with Crippen LogP contribution in [0.15, 0.2) is 30.3 Å². The van der Waals surface area contributed by atoms with E-state index in [2.05, 4.69) is 26.8 Å². The molecule has 0 heterocycles. The molecule has 4 unspecified atom stereocenters. The van der Waals surface area contributed by atoms with E-state index in [1.165, 1.54) is 75.3 Å². The molecule has 2 heteroatoms. The van der Waals surface area contributed by atoms with Crippen LogP contribution in [0.2, 0.25) is 0 Å². The number of carboxylic acid groups (broad SMARTS) is 1. The van der Waals surface area contributed by atoms with Gasteiger partial charge in [0.05, 0.1) is 5.56 Å². The smallest absolute Gasteiger partial charge is 0.335 e. The summed E-state index contributed by atoms with van der Waals surface area (Å²) < 4.78 is 0. The summed E-state index contributed by atoms with van der Waals surface area (Å²) >= 11 is 0. The third-order valence-corrected chi connectivity index (χ3v) is 11.8. The van der Waals surface area contributed by atoms with Crippen molar-refractivity contribution in [3.8, 4) is 0 Å². The van der Waals surface area contributed by atoms with Gasteiger partial charge in [-0.1, -0.05) is 51.8 Å². The zero-order chi connectivity index (χ0) is 23.0. The Morgan fingerprint density at radius 3 is 2.27 bits per heavy atom. The normalized spacial score (nSPS) is 43.5. The maximum Gasteiger partial charge on any atom is 0.335 e. The van der Waals surface area contributed by atoms with Gasteiger partial charge in [0.25, 0.3) is 0 Å². The maximum absolute atomic E-state index is 11.3. The highest BCUT2D eigenvalue weighted by molar-refractivity contribution is 5.88. The van der Waals surface area contributed by atoms with Crippen molar-refractivity contribution in [2.75, 3.05) is 0 Å². The zero-order valence-electron chi connectivity index (χ0n) is 20.9. The summed E-state index contributed by atoms with van der Waals surface area (Å²) in [6.45, 7) is 7.67. The van der Waals surface area contributed by atoms with Crippen LogP contribution in [-0.4, -0.2) is 11.1 Å². The van der Waals surface area contributed by atoms with E-state index in [9.17, 15) is 9.90 Å². The number of hydrogen-bond acceptors (Lipinski definition) is 1. The maximum atomic E-state index is 11.3. The number of carboxylic acids is 1. The third kappa shape index (κ3) is 3.22. The molecule has 0 amide bonds. The van der Waals surface area contributed by atoms with Crippen LogP contribution in [0.5, 0.6) is 0 Å². The SMILES string of the molecule is CC1(C)C(c2ccc(C(=O)O)cc2)=CCC2[C@H]3CCC4[C@H]5CCCC5CC[C@@]4(C)C3CC[C@H]21. The van der Waals surface area contributed by atoms with E-state index in [1.807, 2.05) is 12.1 Å². The van der Waals surface area contributed by atoms with Crippen LogP contribution in [0.3, 0.4) is 0 Å². The molecule has 0 bridgehead atoms. The average Bonchev–Trinajstić information content (AvgIpc) is 3.27. The van der Waals surface area contributed by atoms with Crippen molar-refractivity contribution in [2.24, 2.45) is 52.3 Å². The van der Waals surface area contributed by atoms with Crippen molar-refractivity contribution in [3.05, 3.63) is 41.5 Å². The van der Waals surface area contributed by atoms with Gasteiger partial charge in [-0.2, -0.15) is 0 Å². The summed E-state index contributed by atoms with van der Waals surface area (Å²) in [6, 6.07) is 7.63. The van der Waals surface area contributed by atoms with Crippen LogP contribution in [0.1, 0.15) is 101 Å².